The van der Waals surface area contributed by atoms with Gasteiger partial charge in [0, 0.05) is 31.6 Å². The van der Waals surface area contributed by atoms with Gasteiger partial charge in [-0.05, 0) is 60.4 Å². The molecule has 3 atom stereocenters. The van der Waals surface area contributed by atoms with Crippen LogP contribution in [0.25, 0.3) is 0 Å². The van der Waals surface area contributed by atoms with E-state index in [1.54, 1.807) is 0 Å². The van der Waals surface area contributed by atoms with E-state index in [0.717, 1.165) is 59.6 Å². The Kier molecular flexibility index (Phi) is 9.34. The van der Waals surface area contributed by atoms with Crippen LogP contribution in [0, 0.1) is 0 Å². The monoisotopic (exact) mass is 635 g/mol. The van der Waals surface area contributed by atoms with Crippen molar-refractivity contribution < 1.29 is 45.7 Å². The van der Waals surface area contributed by atoms with E-state index in [1.165, 1.54) is 12.0 Å². The quantitative estimate of drug-likeness (QED) is 0.357. The minimum absolute atomic E-state index is 0.0113. The fourth-order valence-electron chi connectivity index (χ4n) is 5.57. The number of benzene rings is 3. The van der Waals surface area contributed by atoms with Crippen molar-refractivity contribution in [3.63, 3.8) is 0 Å². The molecule has 0 bridgehead atoms. The number of nitrogens with zero attached hydrogens (tertiary/aromatic N) is 2. The van der Waals surface area contributed by atoms with Gasteiger partial charge in [0.2, 0.25) is 10.0 Å². The van der Waals surface area contributed by atoms with E-state index in [-0.39, 0.29) is 31.2 Å². The van der Waals surface area contributed by atoms with Crippen LogP contribution in [0.15, 0.2) is 77.7 Å². The van der Waals surface area contributed by atoms with Gasteiger partial charge in [0.05, 0.1) is 29.7 Å². The van der Waals surface area contributed by atoms with Gasteiger partial charge >= 0.3 is 12.5 Å². The molecular formula is C30H32F3N3O7S. The van der Waals surface area contributed by atoms with Crippen molar-refractivity contribution in [2.24, 2.45) is 0 Å². The Bertz CT molecular complexity index is 1520. The molecule has 0 saturated carbocycles. The molecule has 14 heteroatoms. The Morgan fingerprint density at radius 3 is 2.09 bits per heavy atom. The third-order valence-corrected chi connectivity index (χ3v) is 9.08. The minimum atomic E-state index is -4.94. The van der Waals surface area contributed by atoms with Crippen LogP contribution >= 0.6 is 0 Å². The highest BCUT2D eigenvalue weighted by Gasteiger charge is 2.44. The summed E-state index contributed by atoms with van der Waals surface area (Å²) >= 11 is 0. The number of hydrogen-bond donors (Lipinski definition) is 2. The van der Waals surface area contributed by atoms with Crippen LogP contribution in [0.5, 0.6) is 5.75 Å². The fourth-order valence-corrected chi connectivity index (χ4v) is 6.82. The Morgan fingerprint density at radius 2 is 1.52 bits per heavy atom. The van der Waals surface area contributed by atoms with Crippen molar-refractivity contribution in [3.05, 3.63) is 83.9 Å². The van der Waals surface area contributed by atoms with Crippen LogP contribution in [-0.2, 0) is 32.3 Å². The summed E-state index contributed by atoms with van der Waals surface area (Å²) in [4.78, 5) is 16.1. The van der Waals surface area contributed by atoms with Gasteiger partial charge in [0.1, 0.15) is 12.4 Å². The number of amides is 1. The lowest BCUT2D eigenvalue weighted by Gasteiger charge is -2.46. The number of halogens is 3. The van der Waals surface area contributed by atoms with Crippen molar-refractivity contribution in [2.45, 2.75) is 42.3 Å². The van der Waals surface area contributed by atoms with Gasteiger partial charge < -0.3 is 29.1 Å². The van der Waals surface area contributed by atoms with Crippen LogP contribution in [0.3, 0.4) is 0 Å². The molecule has 2 aliphatic rings. The lowest BCUT2D eigenvalue weighted by atomic mass is 9.94. The Balaban J connectivity index is 1.49. The summed E-state index contributed by atoms with van der Waals surface area (Å²) < 4.78 is 81.2. The van der Waals surface area contributed by atoms with Gasteiger partial charge in [0.15, 0.2) is 0 Å². The Labute approximate surface area is 253 Å². The van der Waals surface area contributed by atoms with Crippen LogP contribution in [0.4, 0.5) is 29.3 Å². The lowest BCUT2D eigenvalue weighted by Crippen LogP contribution is -2.66. The molecule has 2 N–H and O–H groups in total. The number of aryl methyl sites for hydroxylation is 2. The minimum Gasteiger partial charge on any atom is -0.447 e. The maximum absolute atomic E-state index is 13.4. The molecule has 1 fully saturated rings. The summed E-state index contributed by atoms with van der Waals surface area (Å²) in [6.45, 7) is -0.0910. The zero-order valence-corrected chi connectivity index (χ0v) is 24.6. The molecule has 1 amide bonds. The van der Waals surface area contributed by atoms with Crippen LogP contribution in [-0.4, -0.2) is 82.5 Å². The van der Waals surface area contributed by atoms with Gasteiger partial charge in [0.25, 0.3) is 0 Å². The van der Waals surface area contributed by atoms with Gasteiger partial charge in [-0.2, -0.15) is 0 Å². The zero-order chi connectivity index (χ0) is 31.5. The number of aliphatic hydroxyl groups is 1. The fraction of sp³-hybridized carbons (Fsp3) is 0.367. The van der Waals surface area contributed by atoms with Gasteiger partial charge in [-0.15, -0.1) is 13.2 Å². The molecule has 0 radical (unpaired) electrons. The molecular weight excluding hydrogens is 603 g/mol. The second-order valence-corrected chi connectivity index (χ2v) is 12.2. The summed E-state index contributed by atoms with van der Waals surface area (Å²) in [5.41, 5.74) is 3.68. The zero-order valence-electron chi connectivity index (χ0n) is 23.7. The Hall–Kier alpha value is -3.85. The van der Waals surface area contributed by atoms with E-state index in [9.17, 15) is 31.5 Å². The molecule has 1 saturated heterocycles. The summed E-state index contributed by atoms with van der Waals surface area (Å²) in [5, 5.41) is 11.8. The number of methoxy groups -OCH3 is 1. The highest BCUT2D eigenvalue weighted by molar-refractivity contribution is 7.89. The molecule has 0 aromatic heterocycles. The summed E-state index contributed by atoms with van der Waals surface area (Å²) in [7, 11) is -2.91. The third kappa shape index (κ3) is 7.09. The number of sulfonamides is 1. The Morgan fingerprint density at radius 1 is 0.932 bits per heavy atom. The first-order valence-corrected chi connectivity index (χ1v) is 15.4. The van der Waals surface area contributed by atoms with Crippen LogP contribution in [0.2, 0.25) is 0 Å². The number of aliphatic hydroxyl groups excluding tert-OH is 1. The molecule has 5 rings (SSSR count). The van der Waals surface area contributed by atoms with E-state index in [4.69, 9.17) is 9.47 Å². The van der Waals surface area contributed by atoms with Crippen molar-refractivity contribution in [3.8, 4) is 5.75 Å². The van der Waals surface area contributed by atoms with Crippen molar-refractivity contribution in [1.82, 2.24) is 9.62 Å². The first kappa shape index (κ1) is 31.6. The molecule has 2 heterocycles. The standard InChI is InChI=1S/C30H32F3N3O7S/c1-41-16-17-42-29(38)35-18-24(34-44(39,40)23-14-12-22(13-15-23)43-30(31,32)33)28(37)27(19-35)36-25-8-4-2-6-20(25)10-11-21-7-3-5-9-26(21)36/h2-9,12-15,24,27-28,34,37H,10-11,16-19H2,1H3/t24-,27?,28+/m1/s1. The molecule has 2 aliphatic heterocycles. The number of likely N-dealkylation sites (tertiary alicyclic amines) is 1. The number of nitrogens with one attached hydrogen (secondary N) is 1. The highest BCUT2D eigenvalue weighted by Crippen LogP contribution is 2.39. The first-order chi connectivity index (χ1) is 21.0. The maximum Gasteiger partial charge on any atom is 0.573 e. The number of ether oxygens (including phenoxy) is 3. The number of rotatable bonds is 8. The van der Waals surface area contributed by atoms with E-state index in [2.05, 4.69) is 9.46 Å². The second kappa shape index (κ2) is 13.0. The topological polar surface area (TPSA) is 118 Å². The normalized spacial score (nSPS) is 20.3. The average Bonchev–Trinajstić information content (AvgIpc) is 3.15. The molecule has 236 valence electrons. The third-order valence-electron chi connectivity index (χ3n) is 7.57. The summed E-state index contributed by atoms with van der Waals surface area (Å²) in [6, 6.07) is 17.1. The number of hydrogen-bond acceptors (Lipinski definition) is 8. The van der Waals surface area contributed by atoms with E-state index < -0.39 is 46.4 Å². The second-order valence-electron chi connectivity index (χ2n) is 10.4. The molecule has 1 unspecified atom stereocenters. The average molecular weight is 636 g/mol. The molecule has 3 aromatic carbocycles. The number of para-hydroxylation sites is 2. The number of anilines is 2. The molecule has 0 aliphatic carbocycles. The largest absolute Gasteiger partial charge is 0.573 e. The molecule has 44 heavy (non-hydrogen) atoms. The number of piperidine rings is 1. The van der Waals surface area contributed by atoms with E-state index >= 15 is 0 Å². The first-order valence-electron chi connectivity index (χ1n) is 13.9. The van der Waals surface area contributed by atoms with Gasteiger partial charge in [-0.25, -0.2) is 17.9 Å². The summed E-state index contributed by atoms with van der Waals surface area (Å²) in [5.74, 6) is -0.585. The summed E-state index contributed by atoms with van der Waals surface area (Å²) in [6.07, 6.45) is -5.50. The lowest BCUT2D eigenvalue weighted by molar-refractivity contribution is -0.274. The predicted octanol–water partition coefficient (Wildman–Crippen LogP) is 4.00. The van der Waals surface area contributed by atoms with Crippen molar-refractivity contribution >= 4 is 27.5 Å². The molecule has 10 nitrogen and oxygen atoms in total. The number of carbonyl (C=O) groups is 1. The van der Waals surface area contributed by atoms with Crippen LogP contribution in [0.1, 0.15) is 11.1 Å². The molecule has 3 aromatic rings. The van der Waals surface area contributed by atoms with Crippen LogP contribution < -0.4 is 14.4 Å². The smallest absolute Gasteiger partial charge is 0.447 e. The number of alkyl halides is 3. The molecule has 0 spiro atoms. The van der Waals surface area contributed by atoms with Crippen molar-refractivity contribution in [2.75, 3.05) is 38.3 Å². The highest BCUT2D eigenvalue weighted by atomic mass is 32.2. The van der Waals surface area contributed by atoms with Gasteiger partial charge in [-0.1, -0.05) is 36.4 Å². The van der Waals surface area contributed by atoms with Crippen molar-refractivity contribution in [1.29, 1.82) is 0 Å². The number of fused-ring (bicyclic) bond motifs is 2. The van der Waals surface area contributed by atoms with E-state index in [0.29, 0.717) is 0 Å². The maximum atomic E-state index is 13.4. The number of carbonyl (C=O) groups excluding carboxylic acids is 1. The predicted molar refractivity (Wildman–Crippen MR) is 154 cm³/mol. The SMILES string of the molecule is COCCOC(=O)N1CC(N2c3ccccc3CCc3ccccc32)[C@@H](O)[C@H](NS(=O)(=O)c2ccc(OC(F)(F)F)cc2)C1. The van der Waals surface area contributed by atoms with Gasteiger partial charge in [-0.3, -0.25) is 0 Å². The van der Waals surface area contributed by atoms with E-state index in [1.807, 2.05) is 53.4 Å².